The molecule has 136 valence electrons. The van der Waals surface area contributed by atoms with Crippen LogP contribution in [0.5, 0.6) is 5.75 Å². The molecule has 0 atom stereocenters. The standard InChI is InChI=1S/C19H21N3O4/c1-13-5-8-17-14(10-13)4-3-9-21(17)12-19(23)20-16-7-6-15(26-2)11-18(16)22(24)25/h5-8,10-11H,3-4,9,12H2,1-2H3,(H,20,23). The van der Waals surface area contributed by atoms with Gasteiger partial charge >= 0.3 is 0 Å². The minimum Gasteiger partial charge on any atom is -0.496 e. The van der Waals surface area contributed by atoms with Crippen LogP contribution in [0.15, 0.2) is 36.4 Å². The number of nitro benzene ring substituents is 1. The number of aryl methyl sites for hydroxylation is 2. The van der Waals surface area contributed by atoms with Crippen LogP contribution in [0.3, 0.4) is 0 Å². The van der Waals surface area contributed by atoms with E-state index in [4.69, 9.17) is 4.74 Å². The molecule has 3 rings (SSSR count). The number of rotatable bonds is 5. The lowest BCUT2D eigenvalue weighted by Gasteiger charge is -2.31. The monoisotopic (exact) mass is 355 g/mol. The van der Waals surface area contributed by atoms with Gasteiger partial charge in [-0.2, -0.15) is 0 Å². The van der Waals surface area contributed by atoms with Crippen molar-refractivity contribution in [2.75, 3.05) is 30.4 Å². The van der Waals surface area contributed by atoms with Crippen LogP contribution in [-0.2, 0) is 11.2 Å². The van der Waals surface area contributed by atoms with E-state index in [-0.39, 0.29) is 23.8 Å². The first-order valence-electron chi connectivity index (χ1n) is 8.44. The van der Waals surface area contributed by atoms with Gasteiger partial charge in [0.05, 0.1) is 24.6 Å². The predicted octanol–water partition coefficient (Wildman–Crippen LogP) is 3.30. The molecule has 2 aromatic rings. The lowest BCUT2D eigenvalue weighted by atomic mass is 9.99. The number of ether oxygens (including phenoxy) is 1. The molecule has 0 spiro atoms. The number of carbonyl (C=O) groups is 1. The summed E-state index contributed by atoms with van der Waals surface area (Å²) < 4.78 is 5.01. The summed E-state index contributed by atoms with van der Waals surface area (Å²) in [7, 11) is 1.44. The van der Waals surface area contributed by atoms with Crippen LogP contribution < -0.4 is 15.0 Å². The highest BCUT2D eigenvalue weighted by atomic mass is 16.6. The molecule has 0 saturated heterocycles. The molecule has 1 aliphatic rings. The maximum absolute atomic E-state index is 12.5. The van der Waals surface area contributed by atoms with Crippen molar-refractivity contribution in [2.24, 2.45) is 0 Å². The van der Waals surface area contributed by atoms with E-state index in [9.17, 15) is 14.9 Å². The molecule has 0 bridgehead atoms. The van der Waals surface area contributed by atoms with Crippen LogP contribution in [-0.4, -0.2) is 31.0 Å². The third-order valence-corrected chi connectivity index (χ3v) is 4.46. The average molecular weight is 355 g/mol. The lowest BCUT2D eigenvalue weighted by molar-refractivity contribution is -0.384. The number of methoxy groups -OCH3 is 1. The third kappa shape index (κ3) is 3.77. The van der Waals surface area contributed by atoms with Crippen molar-refractivity contribution in [2.45, 2.75) is 19.8 Å². The van der Waals surface area contributed by atoms with Crippen molar-refractivity contribution in [1.82, 2.24) is 0 Å². The predicted molar refractivity (Wildman–Crippen MR) is 100.0 cm³/mol. The van der Waals surface area contributed by atoms with Crippen molar-refractivity contribution < 1.29 is 14.5 Å². The number of anilines is 2. The van der Waals surface area contributed by atoms with Crippen LogP contribution in [0, 0.1) is 17.0 Å². The first-order chi connectivity index (χ1) is 12.5. The van der Waals surface area contributed by atoms with Crippen LogP contribution in [0.1, 0.15) is 17.5 Å². The minimum atomic E-state index is -0.531. The summed E-state index contributed by atoms with van der Waals surface area (Å²) in [6.07, 6.45) is 1.98. The SMILES string of the molecule is COc1ccc(NC(=O)CN2CCCc3cc(C)ccc32)c([N+](=O)[O-])c1. The fraction of sp³-hybridized carbons (Fsp3) is 0.316. The second-order valence-corrected chi connectivity index (χ2v) is 6.35. The molecule has 1 aliphatic heterocycles. The topological polar surface area (TPSA) is 84.7 Å². The van der Waals surface area contributed by atoms with Crippen molar-refractivity contribution in [3.63, 3.8) is 0 Å². The number of carbonyl (C=O) groups excluding carboxylic acids is 1. The number of hydrogen-bond acceptors (Lipinski definition) is 5. The number of fused-ring (bicyclic) bond motifs is 1. The molecule has 7 nitrogen and oxygen atoms in total. The molecule has 0 radical (unpaired) electrons. The molecule has 0 saturated carbocycles. The Morgan fingerprint density at radius 2 is 2.12 bits per heavy atom. The Balaban J connectivity index is 1.76. The van der Waals surface area contributed by atoms with Gasteiger partial charge in [-0.05, 0) is 43.5 Å². The maximum Gasteiger partial charge on any atom is 0.296 e. The maximum atomic E-state index is 12.5. The van der Waals surface area contributed by atoms with Crippen LogP contribution >= 0.6 is 0 Å². The summed E-state index contributed by atoms with van der Waals surface area (Å²) >= 11 is 0. The number of hydrogen-bond donors (Lipinski definition) is 1. The number of nitrogens with zero attached hydrogens (tertiary/aromatic N) is 2. The smallest absolute Gasteiger partial charge is 0.296 e. The number of nitrogens with one attached hydrogen (secondary N) is 1. The van der Waals surface area contributed by atoms with Gasteiger partial charge in [-0.25, -0.2) is 0 Å². The Morgan fingerprint density at radius 3 is 2.85 bits per heavy atom. The molecule has 0 unspecified atom stereocenters. The van der Waals surface area contributed by atoms with Gasteiger partial charge < -0.3 is 15.0 Å². The highest BCUT2D eigenvalue weighted by Gasteiger charge is 2.21. The van der Waals surface area contributed by atoms with E-state index >= 15 is 0 Å². The van der Waals surface area contributed by atoms with Crippen LogP contribution in [0.4, 0.5) is 17.1 Å². The third-order valence-electron chi connectivity index (χ3n) is 4.46. The zero-order chi connectivity index (χ0) is 18.7. The van der Waals surface area contributed by atoms with Gasteiger partial charge in [0.25, 0.3) is 5.69 Å². The molecule has 7 heteroatoms. The molecular formula is C19H21N3O4. The molecule has 26 heavy (non-hydrogen) atoms. The molecular weight excluding hydrogens is 334 g/mol. The minimum absolute atomic E-state index is 0.152. The molecule has 0 aromatic heterocycles. The van der Waals surface area contributed by atoms with Gasteiger partial charge in [0.15, 0.2) is 0 Å². The summed E-state index contributed by atoms with van der Waals surface area (Å²) in [5, 5.41) is 13.9. The molecule has 0 fully saturated rings. The first kappa shape index (κ1) is 17.7. The normalized spacial score (nSPS) is 13.1. The van der Waals surface area contributed by atoms with Crippen molar-refractivity contribution in [3.8, 4) is 5.75 Å². The van der Waals surface area contributed by atoms with E-state index < -0.39 is 4.92 Å². The molecule has 2 aromatic carbocycles. The Hall–Kier alpha value is -3.09. The summed E-state index contributed by atoms with van der Waals surface area (Å²) in [5.74, 6) is 0.0849. The number of benzene rings is 2. The van der Waals surface area contributed by atoms with E-state index in [1.165, 1.54) is 30.4 Å². The second kappa shape index (κ2) is 7.43. The molecule has 0 aliphatic carbocycles. The Bertz CT molecular complexity index is 851. The fourth-order valence-electron chi connectivity index (χ4n) is 3.23. The summed E-state index contributed by atoms with van der Waals surface area (Å²) in [6.45, 7) is 2.99. The Labute approximate surface area is 151 Å². The van der Waals surface area contributed by atoms with Gasteiger partial charge in [-0.15, -0.1) is 0 Å². The number of nitro groups is 1. The van der Waals surface area contributed by atoms with Gasteiger partial charge in [0.1, 0.15) is 11.4 Å². The zero-order valence-electron chi connectivity index (χ0n) is 14.8. The van der Waals surface area contributed by atoms with Gasteiger partial charge in [-0.1, -0.05) is 17.7 Å². The molecule has 1 amide bonds. The van der Waals surface area contributed by atoms with Gasteiger partial charge in [0, 0.05) is 12.2 Å². The van der Waals surface area contributed by atoms with Gasteiger partial charge in [0.2, 0.25) is 5.91 Å². The first-order valence-corrected chi connectivity index (χ1v) is 8.44. The van der Waals surface area contributed by atoms with E-state index in [1.54, 1.807) is 6.07 Å². The molecule has 1 N–H and O–H groups in total. The van der Waals surface area contributed by atoms with Crippen LogP contribution in [0.2, 0.25) is 0 Å². The number of amides is 1. The largest absolute Gasteiger partial charge is 0.496 e. The average Bonchev–Trinajstić information content (AvgIpc) is 2.61. The summed E-state index contributed by atoms with van der Waals surface area (Å²) in [4.78, 5) is 25.2. The van der Waals surface area contributed by atoms with Gasteiger partial charge in [-0.3, -0.25) is 14.9 Å². The Morgan fingerprint density at radius 1 is 1.31 bits per heavy atom. The van der Waals surface area contributed by atoms with Crippen LogP contribution in [0.25, 0.3) is 0 Å². The van der Waals surface area contributed by atoms with Crippen molar-refractivity contribution in [3.05, 3.63) is 57.6 Å². The van der Waals surface area contributed by atoms with E-state index in [2.05, 4.69) is 18.3 Å². The zero-order valence-corrected chi connectivity index (χ0v) is 14.8. The van der Waals surface area contributed by atoms with Crippen molar-refractivity contribution >= 4 is 23.0 Å². The van der Waals surface area contributed by atoms with E-state index in [0.29, 0.717) is 5.75 Å². The fourth-order valence-corrected chi connectivity index (χ4v) is 3.23. The Kier molecular flexibility index (Phi) is 5.06. The highest BCUT2D eigenvalue weighted by molar-refractivity contribution is 5.96. The van der Waals surface area contributed by atoms with Crippen molar-refractivity contribution in [1.29, 1.82) is 0 Å². The quantitative estimate of drug-likeness (QED) is 0.657. The summed E-state index contributed by atoms with van der Waals surface area (Å²) in [6, 6.07) is 10.6. The lowest BCUT2D eigenvalue weighted by Crippen LogP contribution is -2.36. The highest BCUT2D eigenvalue weighted by Crippen LogP contribution is 2.30. The summed E-state index contributed by atoms with van der Waals surface area (Å²) in [5.41, 5.74) is 3.47. The van der Waals surface area contributed by atoms with E-state index in [1.807, 2.05) is 17.0 Å². The molecule has 1 heterocycles. The second-order valence-electron chi connectivity index (χ2n) is 6.35. The van der Waals surface area contributed by atoms with E-state index in [0.717, 1.165) is 25.1 Å².